The second-order valence-corrected chi connectivity index (χ2v) is 8.63. The Morgan fingerprint density at radius 2 is 1.92 bits per heavy atom. The lowest BCUT2D eigenvalue weighted by atomic mass is 10.0. The van der Waals surface area contributed by atoms with Gasteiger partial charge in [-0.1, -0.05) is 13.8 Å². The summed E-state index contributed by atoms with van der Waals surface area (Å²) in [5.74, 6) is 1.54. The van der Waals surface area contributed by atoms with Gasteiger partial charge in [0.15, 0.2) is 0 Å². The quantitative estimate of drug-likeness (QED) is 0.648. The summed E-state index contributed by atoms with van der Waals surface area (Å²) in [5.41, 5.74) is 1.84. The summed E-state index contributed by atoms with van der Waals surface area (Å²) in [4.78, 5) is 17.9. The fourth-order valence-electron chi connectivity index (χ4n) is 2.30. The van der Waals surface area contributed by atoms with Gasteiger partial charge in [-0.2, -0.15) is 0 Å². The van der Waals surface area contributed by atoms with Crippen LogP contribution in [0.1, 0.15) is 54.7 Å². The number of carbonyl (C=O) groups is 1. The van der Waals surface area contributed by atoms with Crippen molar-refractivity contribution >= 4 is 29.0 Å². The van der Waals surface area contributed by atoms with Crippen LogP contribution in [0.4, 0.5) is 0 Å². The summed E-state index contributed by atoms with van der Waals surface area (Å²) in [5, 5.41) is 6.28. The number of thiazole rings is 1. The maximum Gasteiger partial charge on any atom is 0.251 e. The Bertz CT molecular complexity index is 650. The minimum Gasteiger partial charge on any atom is -0.350 e. The summed E-state index contributed by atoms with van der Waals surface area (Å²) in [6.45, 7) is 8.50. The number of aryl methyl sites for hydroxylation is 1. The van der Waals surface area contributed by atoms with Crippen LogP contribution in [-0.4, -0.2) is 16.9 Å². The first-order valence-electron chi connectivity index (χ1n) is 8.38. The second kappa shape index (κ2) is 9.23. The molecule has 24 heavy (non-hydrogen) atoms. The molecular formula is C19H26N2OS2. The van der Waals surface area contributed by atoms with Crippen molar-refractivity contribution in [1.29, 1.82) is 0 Å². The molecule has 130 valence electrons. The Morgan fingerprint density at radius 3 is 2.50 bits per heavy atom. The van der Waals surface area contributed by atoms with Crippen molar-refractivity contribution in [2.45, 2.75) is 57.2 Å². The lowest BCUT2D eigenvalue weighted by molar-refractivity contribution is 0.0937. The highest BCUT2D eigenvalue weighted by Crippen LogP contribution is 2.24. The predicted molar refractivity (Wildman–Crippen MR) is 104 cm³/mol. The molecule has 5 heteroatoms. The number of nitrogens with zero attached hydrogens (tertiary/aromatic N) is 1. The number of carbonyl (C=O) groups excluding carboxylic acids is 1. The number of thioether (sulfide) groups is 1. The highest BCUT2D eigenvalue weighted by atomic mass is 32.2. The number of nitrogens with one attached hydrogen (secondary N) is 1. The van der Waals surface area contributed by atoms with Crippen molar-refractivity contribution in [3.8, 4) is 0 Å². The maximum absolute atomic E-state index is 12.3. The van der Waals surface area contributed by atoms with Gasteiger partial charge in [-0.15, -0.1) is 23.1 Å². The minimum absolute atomic E-state index is 0.0120. The molecule has 0 aliphatic rings. The van der Waals surface area contributed by atoms with E-state index in [1.165, 1.54) is 0 Å². The van der Waals surface area contributed by atoms with Crippen LogP contribution in [0.2, 0.25) is 0 Å². The van der Waals surface area contributed by atoms with Crippen LogP contribution < -0.4 is 5.32 Å². The summed E-state index contributed by atoms with van der Waals surface area (Å²) in [6, 6.07) is 8.04. The van der Waals surface area contributed by atoms with E-state index in [2.05, 4.69) is 36.5 Å². The summed E-state index contributed by atoms with van der Waals surface area (Å²) >= 11 is 3.42. The summed E-state index contributed by atoms with van der Waals surface area (Å²) in [6.07, 6.45) is 2.15. The molecule has 0 saturated carbocycles. The molecule has 0 fully saturated rings. The molecule has 1 amide bonds. The summed E-state index contributed by atoms with van der Waals surface area (Å²) < 4.78 is 0. The Hall–Kier alpha value is -1.33. The first-order valence-corrected chi connectivity index (χ1v) is 10.3. The first-order chi connectivity index (χ1) is 11.4. The van der Waals surface area contributed by atoms with E-state index in [1.54, 1.807) is 23.1 Å². The van der Waals surface area contributed by atoms with Crippen molar-refractivity contribution < 1.29 is 4.79 Å². The third-order valence-electron chi connectivity index (χ3n) is 3.72. The smallest absolute Gasteiger partial charge is 0.251 e. The molecule has 1 unspecified atom stereocenters. The van der Waals surface area contributed by atoms with Crippen molar-refractivity contribution in [1.82, 2.24) is 10.3 Å². The highest BCUT2D eigenvalue weighted by Gasteiger charge is 2.10. The van der Waals surface area contributed by atoms with Gasteiger partial charge in [0, 0.05) is 27.6 Å². The van der Waals surface area contributed by atoms with Gasteiger partial charge in [0.05, 0.1) is 10.7 Å². The first kappa shape index (κ1) is 19.0. The third kappa shape index (κ3) is 6.29. The fourth-order valence-corrected chi connectivity index (χ4v) is 3.81. The van der Waals surface area contributed by atoms with E-state index in [0.29, 0.717) is 5.92 Å². The Balaban J connectivity index is 1.83. The molecule has 1 aromatic heterocycles. The molecule has 1 N–H and O–H groups in total. The Morgan fingerprint density at radius 1 is 1.21 bits per heavy atom. The zero-order valence-corrected chi connectivity index (χ0v) is 16.5. The van der Waals surface area contributed by atoms with E-state index in [9.17, 15) is 4.79 Å². The SMILES string of the molecule is Cc1nc(CSc2ccc(C(=O)NC(C)CCC(C)C)cc2)cs1. The molecule has 1 heterocycles. The van der Waals surface area contributed by atoms with Crippen LogP contribution in [0.5, 0.6) is 0 Å². The van der Waals surface area contributed by atoms with Gasteiger partial charge in [0.2, 0.25) is 0 Å². The van der Waals surface area contributed by atoms with E-state index >= 15 is 0 Å². The van der Waals surface area contributed by atoms with Gasteiger partial charge < -0.3 is 5.32 Å². The average molecular weight is 363 g/mol. The van der Waals surface area contributed by atoms with Crippen LogP contribution in [-0.2, 0) is 5.75 Å². The van der Waals surface area contributed by atoms with Gasteiger partial charge in [-0.3, -0.25) is 4.79 Å². The Labute approximate surface area is 153 Å². The molecule has 1 aromatic carbocycles. The number of hydrogen-bond acceptors (Lipinski definition) is 4. The van der Waals surface area contributed by atoms with E-state index < -0.39 is 0 Å². The number of benzene rings is 1. The van der Waals surface area contributed by atoms with Crippen LogP contribution in [0, 0.1) is 12.8 Å². The molecule has 0 aliphatic carbocycles. The average Bonchev–Trinajstić information content (AvgIpc) is 2.97. The number of rotatable bonds is 8. The fraction of sp³-hybridized carbons (Fsp3) is 0.474. The van der Waals surface area contributed by atoms with Crippen LogP contribution in [0.15, 0.2) is 34.5 Å². The summed E-state index contributed by atoms with van der Waals surface area (Å²) in [7, 11) is 0. The van der Waals surface area contributed by atoms with Crippen molar-refractivity contribution in [3.63, 3.8) is 0 Å². The monoisotopic (exact) mass is 362 g/mol. The lowest BCUT2D eigenvalue weighted by Crippen LogP contribution is -2.32. The third-order valence-corrected chi connectivity index (χ3v) is 5.59. The molecule has 0 bridgehead atoms. The van der Waals surface area contributed by atoms with E-state index in [0.717, 1.165) is 39.8 Å². The maximum atomic E-state index is 12.3. The molecule has 1 atom stereocenters. The van der Waals surface area contributed by atoms with Crippen molar-refractivity contribution in [3.05, 3.63) is 45.9 Å². The molecule has 0 radical (unpaired) electrons. The van der Waals surface area contributed by atoms with E-state index in [4.69, 9.17) is 0 Å². The van der Waals surface area contributed by atoms with Gasteiger partial charge in [0.1, 0.15) is 0 Å². The number of aromatic nitrogens is 1. The van der Waals surface area contributed by atoms with Crippen LogP contribution in [0.25, 0.3) is 0 Å². The zero-order chi connectivity index (χ0) is 17.5. The van der Waals surface area contributed by atoms with E-state index in [-0.39, 0.29) is 11.9 Å². The number of amides is 1. The molecule has 2 aromatic rings. The normalized spacial score (nSPS) is 12.4. The lowest BCUT2D eigenvalue weighted by Gasteiger charge is -2.15. The van der Waals surface area contributed by atoms with Gasteiger partial charge in [-0.05, 0) is 56.9 Å². The molecule has 0 saturated heterocycles. The predicted octanol–water partition coefficient (Wildman–Crippen LogP) is 5.30. The van der Waals surface area contributed by atoms with E-state index in [1.807, 2.05) is 31.2 Å². The minimum atomic E-state index is 0.0120. The van der Waals surface area contributed by atoms with Gasteiger partial charge in [0.25, 0.3) is 5.91 Å². The molecule has 0 spiro atoms. The Kier molecular flexibility index (Phi) is 7.31. The second-order valence-electron chi connectivity index (χ2n) is 6.52. The molecular weight excluding hydrogens is 336 g/mol. The van der Waals surface area contributed by atoms with Crippen molar-refractivity contribution in [2.24, 2.45) is 5.92 Å². The zero-order valence-electron chi connectivity index (χ0n) is 14.8. The van der Waals surface area contributed by atoms with Gasteiger partial charge >= 0.3 is 0 Å². The van der Waals surface area contributed by atoms with Crippen LogP contribution >= 0.6 is 23.1 Å². The number of hydrogen-bond donors (Lipinski definition) is 1. The molecule has 3 nitrogen and oxygen atoms in total. The van der Waals surface area contributed by atoms with Gasteiger partial charge in [-0.25, -0.2) is 4.98 Å². The highest BCUT2D eigenvalue weighted by molar-refractivity contribution is 7.98. The largest absolute Gasteiger partial charge is 0.350 e. The standard InChI is InChI=1S/C19H26N2OS2/c1-13(2)5-6-14(3)20-19(22)16-7-9-18(10-8-16)24-12-17-11-23-15(4)21-17/h7-11,13-14H,5-6,12H2,1-4H3,(H,20,22). The van der Waals surface area contributed by atoms with Crippen LogP contribution in [0.3, 0.4) is 0 Å². The molecule has 0 aliphatic heterocycles. The molecule has 2 rings (SSSR count). The van der Waals surface area contributed by atoms with Crippen molar-refractivity contribution in [2.75, 3.05) is 0 Å². The topological polar surface area (TPSA) is 42.0 Å².